The maximum absolute atomic E-state index is 5.74. The van der Waals surface area contributed by atoms with Crippen LogP contribution in [-0.2, 0) is 18.6 Å². The number of rotatable bonds is 4. The Labute approximate surface area is 133 Å². The molecule has 0 saturated carbocycles. The minimum absolute atomic E-state index is 0.588. The Morgan fingerprint density at radius 3 is 2.73 bits per heavy atom. The zero-order valence-electron chi connectivity index (χ0n) is 12.2. The minimum Gasteiger partial charge on any atom is -0.420 e. The smallest absolute Gasteiger partial charge is 0.247 e. The van der Waals surface area contributed by atoms with Crippen molar-refractivity contribution in [2.45, 2.75) is 29.9 Å². The summed E-state index contributed by atoms with van der Waals surface area (Å²) in [6.07, 6.45) is 3.72. The van der Waals surface area contributed by atoms with Crippen molar-refractivity contribution in [1.82, 2.24) is 10.2 Å². The van der Waals surface area contributed by atoms with Crippen molar-refractivity contribution in [3.8, 4) is 11.5 Å². The molecule has 0 aliphatic heterocycles. The highest BCUT2D eigenvalue weighted by Gasteiger charge is 2.12. The van der Waals surface area contributed by atoms with Crippen molar-refractivity contribution in [2.24, 2.45) is 0 Å². The Bertz CT molecular complexity index is 783. The van der Waals surface area contributed by atoms with Gasteiger partial charge in [-0.1, -0.05) is 24.3 Å². The summed E-state index contributed by atoms with van der Waals surface area (Å²) in [7, 11) is 0. The van der Waals surface area contributed by atoms with Crippen LogP contribution < -0.4 is 0 Å². The highest BCUT2D eigenvalue weighted by atomic mass is 32.2. The van der Waals surface area contributed by atoms with Gasteiger partial charge in [0.1, 0.15) is 0 Å². The van der Waals surface area contributed by atoms with Crippen LogP contribution in [-0.4, -0.2) is 10.2 Å². The molecule has 1 aromatic heterocycles. The Morgan fingerprint density at radius 2 is 1.82 bits per heavy atom. The van der Waals surface area contributed by atoms with E-state index in [2.05, 4.69) is 28.4 Å². The first kappa shape index (κ1) is 13.6. The van der Waals surface area contributed by atoms with E-state index in [1.165, 1.54) is 35.3 Å². The van der Waals surface area contributed by atoms with E-state index < -0.39 is 0 Å². The van der Waals surface area contributed by atoms with E-state index in [-0.39, 0.29) is 0 Å². The summed E-state index contributed by atoms with van der Waals surface area (Å²) >= 11 is 1.75. The monoisotopic (exact) mass is 308 g/mol. The first-order chi connectivity index (χ1) is 10.9. The summed E-state index contributed by atoms with van der Waals surface area (Å²) in [5.41, 5.74) is 3.97. The van der Waals surface area contributed by atoms with Gasteiger partial charge in [-0.15, -0.1) is 22.0 Å². The summed E-state index contributed by atoms with van der Waals surface area (Å²) < 4.78 is 5.74. The van der Waals surface area contributed by atoms with Crippen LogP contribution in [0.15, 0.2) is 57.8 Å². The van der Waals surface area contributed by atoms with Crippen LogP contribution in [0.25, 0.3) is 11.5 Å². The fourth-order valence-electron chi connectivity index (χ4n) is 2.79. The van der Waals surface area contributed by atoms with E-state index in [4.69, 9.17) is 4.42 Å². The van der Waals surface area contributed by atoms with Gasteiger partial charge in [0.2, 0.25) is 11.8 Å². The Kier molecular flexibility index (Phi) is 3.69. The molecule has 1 aliphatic carbocycles. The van der Waals surface area contributed by atoms with Crippen LogP contribution in [0.4, 0.5) is 0 Å². The third-order valence-corrected chi connectivity index (χ3v) is 4.90. The zero-order valence-corrected chi connectivity index (χ0v) is 13.0. The maximum atomic E-state index is 5.74. The van der Waals surface area contributed by atoms with Gasteiger partial charge >= 0.3 is 0 Å². The molecule has 0 bridgehead atoms. The quantitative estimate of drug-likeness (QED) is 0.664. The lowest BCUT2D eigenvalue weighted by atomic mass is 10.1. The third-order valence-electron chi connectivity index (χ3n) is 3.92. The molecule has 0 unspecified atom stereocenters. The maximum Gasteiger partial charge on any atom is 0.247 e. The summed E-state index contributed by atoms with van der Waals surface area (Å²) in [5, 5.41) is 8.27. The van der Waals surface area contributed by atoms with Gasteiger partial charge in [-0.2, -0.15) is 0 Å². The fraction of sp³-hybridized carbons (Fsp3) is 0.222. The third kappa shape index (κ3) is 2.79. The molecule has 0 amide bonds. The molecule has 0 spiro atoms. The van der Waals surface area contributed by atoms with Crippen LogP contribution in [0.2, 0.25) is 0 Å². The first-order valence-electron chi connectivity index (χ1n) is 7.51. The summed E-state index contributed by atoms with van der Waals surface area (Å²) in [6.45, 7) is 0. The lowest BCUT2D eigenvalue weighted by Crippen LogP contribution is -1.84. The molecule has 2 aromatic carbocycles. The standard InChI is InChI=1S/C18H16N2OS/c1-2-5-14(6-3-1)18-20-19-17(21-18)12-22-16-10-9-13-7-4-8-15(13)11-16/h1-3,5-6,9-11H,4,7-8,12H2. The molecule has 3 nitrogen and oxygen atoms in total. The number of aryl methyl sites for hydroxylation is 2. The number of aromatic nitrogens is 2. The largest absolute Gasteiger partial charge is 0.420 e. The molecule has 0 N–H and O–H groups in total. The Balaban J connectivity index is 1.45. The van der Waals surface area contributed by atoms with Crippen molar-refractivity contribution in [3.05, 3.63) is 65.5 Å². The number of hydrogen-bond acceptors (Lipinski definition) is 4. The second kappa shape index (κ2) is 5.97. The number of benzene rings is 2. The van der Waals surface area contributed by atoms with Gasteiger partial charge in [-0.25, -0.2) is 0 Å². The van der Waals surface area contributed by atoms with Crippen molar-refractivity contribution in [3.63, 3.8) is 0 Å². The van der Waals surface area contributed by atoms with Gasteiger partial charge in [-0.05, 0) is 54.7 Å². The van der Waals surface area contributed by atoms with Gasteiger partial charge in [-0.3, -0.25) is 0 Å². The van der Waals surface area contributed by atoms with E-state index in [9.17, 15) is 0 Å². The van der Waals surface area contributed by atoms with Crippen LogP contribution in [0.3, 0.4) is 0 Å². The van der Waals surface area contributed by atoms with Gasteiger partial charge in [0, 0.05) is 10.5 Å². The topological polar surface area (TPSA) is 38.9 Å². The molecular formula is C18H16N2OS. The van der Waals surface area contributed by atoms with E-state index in [1.54, 1.807) is 11.8 Å². The Hall–Kier alpha value is -2.07. The van der Waals surface area contributed by atoms with E-state index in [0.717, 1.165) is 5.56 Å². The molecule has 1 aliphatic rings. The van der Waals surface area contributed by atoms with E-state index in [1.807, 2.05) is 30.3 Å². The summed E-state index contributed by atoms with van der Waals surface area (Å²) in [5.74, 6) is 1.97. The highest BCUT2D eigenvalue weighted by molar-refractivity contribution is 7.98. The second-order valence-electron chi connectivity index (χ2n) is 5.44. The lowest BCUT2D eigenvalue weighted by molar-refractivity contribution is 0.528. The normalized spacial score (nSPS) is 13.3. The van der Waals surface area contributed by atoms with Gasteiger partial charge < -0.3 is 4.42 Å². The van der Waals surface area contributed by atoms with Gasteiger partial charge in [0.25, 0.3) is 0 Å². The molecule has 4 heteroatoms. The van der Waals surface area contributed by atoms with E-state index >= 15 is 0 Å². The number of nitrogens with zero attached hydrogens (tertiary/aromatic N) is 2. The summed E-state index contributed by atoms with van der Waals surface area (Å²) in [6, 6.07) is 16.6. The average Bonchev–Trinajstić information content (AvgIpc) is 3.22. The molecule has 4 rings (SSSR count). The molecule has 0 radical (unpaired) electrons. The Morgan fingerprint density at radius 1 is 0.955 bits per heavy atom. The van der Waals surface area contributed by atoms with Crippen molar-refractivity contribution in [1.29, 1.82) is 0 Å². The highest BCUT2D eigenvalue weighted by Crippen LogP contribution is 2.29. The SMILES string of the molecule is c1ccc(-c2nnc(CSc3ccc4c(c3)CCC4)o2)cc1. The number of hydrogen-bond donors (Lipinski definition) is 0. The van der Waals surface area contributed by atoms with Crippen LogP contribution in [0, 0.1) is 0 Å². The predicted molar refractivity (Wildman–Crippen MR) is 87.8 cm³/mol. The van der Waals surface area contributed by atoms with Crippen molar-refractivity contribution < 1.29 is 4.42 Å². The molecule has 0 fully saturated rings. The molecular weight excluding hydrogens is 292 g/mol. The first-order valence-corrected chi connectivity index (χ1v) is 8.49. The molecule has 0 saturated heterocycles. The minimum atomic E-state index is 0.588. The molecule has 22 heavy (non-hydrogen) atoms. The van der Waals surface area contributed by atoms with Crippen LogP contribution in [0.5, 0.6) is 0 Å². The zero-order chi connectivity index (χ0) is 14.8. The predicted octanol–water partition coefficient (Wildman–Crippen LogP) is 4.52. The molecule has 1 heterocycles. The molecule has 0 atom stereocenters. The number of fused-ring (bicyclic) bond motifs is 1. The number of thioether (sulfide) groups is 1. The van der Waals surface area contributed by atoms with E-state index in [0.29, 0.717) is 17.5 Å². The second-order valence-corrected chi connectivity index (χ2v) is 6.49. The summed E-state index contributed by atoms with van der Waals surface area (Å²) in [4.78, 5) is 1.28. The molecule has 3 aromatic rings. The lowest BCUT2D eigenvalue weighted by Gasteiger charge is -2.03. The van der Waals surface area contributed by atoms with Crippen molar-refractivity contribution in [2.75, 3.05) is 0 Å². The van der Waals surface area contributed by atoms with Gasteiger partial charge in [0.15, 0.2) is 0 Å². The van der Waals surface area contributed by atoms with Crippen molar-refractivity contribution >= 4 is 11.8 Å². The molecule has 110 valence electrons. The van der Waals surface area contributed by atoms with Crippen LogP contribution in [0.1, 0.15) is 23.4 Å². The van der Waals surface area contributed by atoms with Gasteiger partial charge in [0.05, 0.1) is 5.75 Å². The fourth-order valence-corrected chi connectivity index (χ4v) is 3.59. The van der Waals surface area contributed by atoms with Crippen LogP contribution >= 0.6 is 11.8 Å². The average molecular weight is 308 g/mol.